The molecule has 2 aromatic rings. The van der Waals surface area contributed by atoms with E-state index >= 15 is 0 Å². The van der Waals surface area contributed by atoms with E-state index in [1.807, 2.05) is 80.8 Å². The summed E-state index contributed by atoms with van der Waals surface area (Å²) < 4.78 is 0. The van der Waals surface area contributed by atoms with Gasteiger partial charge in [0, 0.05) is 56.9 Å². The predicted molar refractivity (Wildman–Crippen MR) is 116 cm³/mol. The minimum Gasteiger partial charge on any atom is -0.378 e. The molecule has 1 saturated heterocycles. The molecule has 1 atom stereocenters. The first-order valence-corrected chi connectivity index (χ1v) is 10.6. The van der Waals surface area contributed by atoms with Gasteiger partial charge in [0.2, 0.25) is 11.8 Å². The zero-order valence-corrected chi connectivity index (χ0v) is 17.7. The number of amides is 2. The maximum Gasteiger partial charge on any atom is 0.228 e. The first-order chi connectivity index (χ1) is 13.4. The highest BCUT2D eigenvalue weighted by Gasteiger charge is 2.36. The van der Waals surface area contributed by atoms with Crippen molar-refractivity contribution in [3.05, 3.63) is 54.1 Å². The Labute approximate surface area is 171 Å². The summed E-state index contributed by atoms with van der Waals surface area (Å²) in [6.07, 6.45) is 2.28. The van der Waals surface area contributed by atoms with Crippen LogP contribution in [0.5, 0.6) is 0 Å². The molecular formula is C22H27N3O2S. The lowest BCUT2D eigenvalue weighted by molar-refractivity contribution is -0.135. The molecule has 0 saturated carbocycles. The Morgan fingerprint density at radius 3 is 2.50 bits per heavy atom. The molecule has 148 valence electrons. The summed E-state index contributed by atoms with van der Waals surface area (Å²) in [5, 5.41) is 0. The van der Waals surface area contributed by atoms with E-state index in [0.717, 1.165) is 21.8 Å². The molecule has 3 rings (SSSR count). The molecule has 2 aromatic carbocycles. The minimum atomic E-state index is -0.295. The summed E-state index contributed by atoms with van der Waals surface area (Å²) in [7, 11) is 5.81. The van der Waals surface area contributed by atoms with Crippen LogP contribution in [0.3, 0.4) is 0 Å². The third-order valence-electron chi connectivity index (χ3n) is 5.09. The van der Waals surface area contributed by atoms with Gasteiger partial charge in [-0.3, -0.25) is 9.59 Å². The van der Waals surface area contributed by atoms with E-state index in [9.17, 15) is 9.59 Å². The molecule has 1 heterocycles. The number of anilines is 2. The van der Waals surface area contributed by atoms with Crippen molar-refractivity contribution in [2.24, 2.45) is 5.92 Å². The van der Waals surface area contributed by atoms with Crippen LogP contribution in [0.15, 0.2) is 53.4 Å². The average molecular weight is 398 g/mol. The molecule has 2 amide bonds. The molecule has 0 radical (unpaired) electrons. The largest absolute Gasteiger partial charge is 0.378 e. The van der Waals surface area contributed by atoms with Gasteiger partial charge in [0.15, 0.2) is 0 Å². The fourth-order valence-electron chi connectivity index (χ4n) is 3.46. The summed E-state index contributed by atoms with van der Waals surface area (Å²) >= 11 is 1.64. The van der Waals surface area contributed by atoms with Crippen LogP contribution in [0.25, 0.3) is 0 Å². The number of rotatable bonds is 6. The maximum atomic E-state index is 12.9. The van der Waals surface area contributed by atoms with Crippen molar-refractivity contribution in [1.29, 1.82) is 0 Å². The minimum absolute atomic E-state index is 0.0142. The van der Waals surface area contributed by atoms with Crippen molar-refractivity contribution in [2.45, 2.75) is 17.9 Å². The third-order valence-corrected chi connectivity index (χ3v) is 5.81. The second kappa shape index (κ2) is 8.69. The summed E-state index contributed by atoms with van der Waals surface area (Å²) in [6, 6.07) is 16.1. The smallest absolute Gasteiger partial charge is 0.228 e. The molecule has 0 aliphatic carbocycles. The van der Waals surface area contributed by atoms with Gasteiger partial charge in [-0.05, 0) is 42.2 Å². The Morgan fingerprint density at radius 2 is 1.86 bits per heavy atom. The van der Waals surface area contributed by atoms with Gasteiger partial charge in [0.25, 0.3) is 0 Å². The SMILES string of the molecule is CSc1cccc(N2C[C@H](C(=O)N(C)Cc3ccc(N(C)C)cc3)CC2=O)c1. The molecule has 1 fully saturated rings. The lowest BCUT2D eigenvalue weighted by Gasteiger charge is -2.22. The third kappa shape index (κ3) is 4.50. The maximum absolute atomic E-state index is 12.9. The quantitative estimate of drug-likeness (QED) is 0.700. The molecule has 6 heteroatoms. The fraction of sp³-hybridized carbons (Fsp3) is 0.364. The molecule has 0 unspecified atom stereocenters. The molecule has 1 aliphatic heterocycles. The van der Waals surface area contributed by atoms with E-state index in [-0.39, 0.29) is 24.2 Å². The number of thioether (sulfide) groups is 1. The van der Waals surface area contributed by atoms with Crippen molar-refractivity contribution in [3.63, 3.8) is 0 Å². The van der Waals surface area contributed by atoms with Crippen LogP contribution in [0, 0.1) is 5.92 Å². The van der Waals surface area contributed by atoms with Crippen molar-refractivity contribution in [1.82, 2.24) is 4.90 Å². The Bertz CT molecular complexity index is 851. The second-order valence-corrected chi connectivity index (χ2v) is 8.24. The van der Waals surface area contributed by atoms with Crippen LogP contribution >= 0.6 is 11.8 Å². The van der Waals surface area contributed by atoms with Crippen molar-refractivity contribution in [2.75, 3.05) is 43.7 Å². The van der Waals surface area contributed by atoms with E-state index in [1.54, 1.807) is 21.6 Å². The number of carbonyl (C=O) groups excluding carboxylic acids is 2. The molecule has 1 aliphatic rings. The van der Waals surface area contributed by atoms with E-state index in [4.69, 9.17) is 0 Å². The summed E-state index contributed by atoms with van der Waals surface area (Å²) in [4.78, 5) is 32.0. The van der Waals surface area contributed by atoms with Gasteiger partial charge < -0.3 is 14.7 Å². The molecule has 5 nitrogen and oxygen atoms in total. The first-order valence-electron chi connectivity index (χ1n) is 9.34. The van der Waals surface area contributed by atoms with E-state index < -0.39 is 0 Å². The summed E-state index contributed by atoms with van der Waals surface area (Å²) in [5.74, 6) is -0.259. The van der Waals surface area contributed by atoms with E-state index in [1.165, 1.54) is 0 Å². The summed E-state index contributed by atoms with van der Waals surface area (Å²) in [5.41, 5.74) is 3.08. The van der Waals surface area contributed by atoms with Crippen molar-refractivity contribution < 1.29 is 9.59 Å². The van der Waals surface area contributed by atoms with E-state index in [2.05, 4.69) is 0 Å². The van der Waals surface area contributed by atoms with Crippen molar-refractivity contribution in [3.8, 4) is 0 Å². The van der Waals surface area contributed by atoms with Crippen LogP contribution in [0.2, 0.25) is 0 Å². The van der Waals surface area contributed by atoms with Crippen LogP contribution in [0.1, 0.15) is 12.0 Å². The zero-order chi connectivity index (χ0) is 20.3. The molecule has 0 bridgehead atoms. The van der Waals surface area contributed by atoms with Crippen LogP contribution in [0.4, 0.5) is 11.4 Å². The van der Waals surface area contributed by atoms with E-state index in [0.29, 0.717) is 13.1 Å². The van der Waals surface area contributed by atoms with Gasteiger partial charge in [-0.25, -0.2) is 0 Å². The van der Waals surface area contributed by atoms with Gasteiger partial charge in [-0.15, -0.1) is 11.8 Å². The molecule has 0 spiro atoms. The topological polar surface area (TPSA) is 43.9 Å². The monoisotopic (exact) mass is 397 g/mol. The first kappa shape index (κ1) is 20.3. The Hall–Kier alpha value is -2.47. The highest BCUT2D eigenvalue weighted by atomic mass is 32.2. The van der Waals surface area contributed by atoms with Crippen molar-refractivity contribution >= 4 is 35.0 Å². The van der Waals surface area contributed by atoms with Gasteiger partial charge in [0.05, 0.1) is 5.92 Å². The Balaban J connectivity index is 1.64. The lowest BCUT2D eigenvalue weighted by atomic mass is 10.1. The van der Waals surface area contributed by atoms with Crippen LogP contribution in [-0.2, 0) is 16.1 Å². The molecule has 0 N–H and O–H groups in total. The number of nitrogens with zero attached hydrogens (tertiary/aromatic N) is 3. The molecule has 28 heavy (non-hydrogen) atoms. The van der Waals surface area contributed by atoms with Gasteiger partial charge in [0.1, 0.15) is 0 Å². The summed E-state index contributed by atoms with van der Waals surface area (Å²) in [6.45, 7) is 0.985. The highest BCUT2D eigenvalue weighted by Crippen LogP contribution is 2.29. The second-order valence-electron chi connectivity index (χ2n) is 7.36. The molecular weight excluding hydrogens is 370 g/mol. The number of benzene rings is 2. The number of hydrogen-bond acceptors (Lipinski definition) is 4. The van der Waals surface area contributed by atoms with Gasteiger partial charge >= 0.3 is 0 Å². The predicted octanol–water partition coefficient (Wildman–Crippen LogP) is 3.49. The molecule has 0 aromatic heterocycles. The zero-order valence-electron chi connectivity index (χ0n) is 16.9. The normalized spacial score (nSPS) is 16.4. The number of hydrogen-bond donors (Lipinski definition) is 0. The van der Waals surface area contributed by atoms with Crippen LogP contribution in [-0.4, -0.2) is 50.7 Å². The number of carbonyl (C=O) groups is 2. The highest BCUT2D eigenvalue weighted by molar-refractivity contribution is 7.98. The van der Waals surface area contributed by atoms with Gasteiger partial charge in [-0.2, -0.15) is 0 Å². The Kier molecular flexibility index (Phi) is 6.29. The van der Waals surface area contributed by atoms with Crippen LogP contribution < -0.4 is 9.80 Å². The Morgan fingerprint density at radius 1 is 1.14 bits per heavy atom. The van der Waals surface area contributed by atoms with Gasteiger partial charge in [-0.1, -0.05) is 18.2 Å². The fourth-order valence-corrected chi connectivity index (χ4v) is 3.92. The standard InChI is InChI=1S/C22H27N3O2S/c1-23(2)18-10-8-16(9-11-18)14-24(3)22(27)17-12-21(26)25(15-17)19-6-5-7-20(13-19)28-4/h5-11,13,17H,12,14-15H2,1-4H3/t17-/m1/s1. The average Bonchev–Trinajstić information content (AvgIpc) is 3.09. The lowest BCUT2D eigenvalue weighted by Crippen LogP contribution is -2.34.